The van der Waals surface area contributed by atoms with Gasteiger partial charge >= 0.3 is 12.0 Å². The lowest BCUT2D eigenvalue weighted by molar-refractivity contribution is -0.148. The van der Waals surface area contributed by atoms with Crippen LogP contribution in [0.3, 0.4) is 0 Å². The van der Waals surface area contributed by atoms with Gasteiger partial charge in [-0.1, -0.05) is 38.1 Å². The Balaban J connectivity index is 1.53. The van der Waals surface area contributed by atoms with Gasteiger partial charge in [-0.2, -0.15) is 0 Å². The van der Waals surface area contributed by atoms with Crippen LogP contribution in [-0.4, -0.2) is 51.8 Å². The number of aromatic nitrogens is 2. The van der Waals surface area contributed by atoms with Crippen LogP contribution in [0.15, 0.2) is 54.9 Å². The molecule has 0 saturated heterocycles. The Kier molecular flexibility index (Phi) is 7.83. The summed E-state index contributed by atoms with van der Waals surface area (Å²) in [7, 11) is 0. The number of carbonyl (C=O) groups is 1. The summed E-state index contributed by atoms with van der Waals surface area (Å²) < 4.78 is 11.7. The minimum absolute atomic E-state index is 0.0400. The predicted octanol–water partition coefficient (Wildman–Crippen LogP) is 4.56. The Morgan fingerprint density at radius 2 is 1.92 bits per heavy atom. The second kappa shape index (κ2) is 11.0. The molecule has 3 N–H and O–H groups in total. The SMILES string of the molecule is CCc1ccccc1NC(O)N1CC(CC)Oc2cc(-c3cnc(OCC(C)(C)C(=O)O)nc3)ccc21. The number of hydrogen-bond donors (Lipinski definition) is 3. The quantitative estimate of drug-likeness (QED) is 0.340. The maximum Gasteiger partial charge on any atom is 0.316 e. The molecule has 2 aromatic carbocycles. The molecule has 1 aromatic heterocycles. The molecule has 2 unspecified atom stereocenters. The third-order valence-corrected chi connectivity index (χ3v) is 6.50. The first-order valence-corrected chi connectivity index (χ1v) is 12.5. The van der Waals surface area contributed by atoms with Crippen LogP contribution in [0.1, 0.15) is 39.7 Å². The maximum atomic E-state index is 11.3. The van der Waals surface area contributed by atoms with Gasteiger partial charge in [0.1, 0.15) is 18.5 Å². The van der Waals surface area contributed by atoms with Gasteiger partial charge in [-0.25, -0.2) is 9.97 Å². The van der Waals surface area contributed by atoms with Crippen molar-refractivity contribution in [2.75, 3.05) is 23.4 Å². The number of carboxylic acids is 1. The Bertz CT molecular complexity index is 1230. The number of benzene rings is 2. The molecule has 1 aliphatic heterocycles. The van der Waals surface area contributed by atoms with Crippen molar-refractivity contribution < 1.29 is 24.5 Å². The molecule has 0 saturated carbocycles. The van der Waals surface area contributed by atoms with Crippen molar-refractivity contribution in [2.45, 2.75) is 53.0 Å². The number of para-hydroxylation sites is 1. The monoisotopic (exact) mass is 506 g/mol. The molecule has 196 valence electrons. The summed E-state index contributed by atoms with van der Waals surface area (Å²) in [6.45, 7) is 7.82. The number of fused-ring (bicyclic) bond motifs is 1. The van der Waals surface area contributed by atoms with E-state index in [1.807, 2.05) is 41.3 Å². The van der Waals surface area contributed by atoms with E-state index in [0.29, 0.717) is 12.3 Å². The van der Waals surface area contributed by atoms with Crippen LogP contribution < -0.4 is 19.7 Å². The first-order valence-electron chi connectivity index (χ1n) is 12.5. The van der Waals surface area contributed by atoms with Gasteiger partial charge in [-0.3, -0.25) is 4.79 Å². The number of carboxylic acid groups (broad SMARTS) is 1. The molecule has 9 nitrogen and oxygen atoms in total. The van der Waals surface area contributed by atoms with Gasteiger partial charge in [0.2, 0.25) is 6.35 Å². The standard InChI is InChI=1S/C28H34N4O5/c1-5-18-9-7-8-10-22(18)31-27(35)32-16-21(6-2)37-24-13-19(11-12-23(24)32)20-14-29-26(30-15-20)36-17-28(3,4)25(33)34/h7-15,21,27,31,35H,5-6,16-17H2,1-4H3,(H,33,34). The lowest BCUT2D eigenvalue weighted by Gasteiger charge is -2.39. The van der Waals surface area contributed by atoms with Crippen LogP contribution in [-0.2, 0) is 11.2 Å². The lowest BCUT2D eigenvalue weighted by Crippen LogP contribution is -2.49. The fourth-order valence-electron chi connectivity index (χ4n) is 4.04. The Morgan fingerprint density at radius 3 is 2.59 bits per heavy atom. The predicted molar refractivity (Wildman–Crippen MR) is 142 cm³/mol. The summed E-state index contributed by atoms with van der Waals surface area (Å²) in [5.74, 6) is -0.281. The third kappa shape index (κ3) is 5.94. The Labute approximate surface area is 217 Å². The van der Waals surface area contributed by atoms with Crippen LogP contribution in [0.4, 0.5) is 11.4 Å². The molecular weight excluding hydrogens is 472 g/mol. The van der Waals surface area contributed by atoms with E-state index in [4.69, 9.17) is 9.47 Å². The van der Waals surface area contributed by atoms with Gasteiger partial charge in [0.25, 0.3) is 0 Å². The van der Waals surface area contributed by atoms with Gasteiger partial charge in [-0.05, 0) is 56.0 Å². The molecule has 0 aliphatic carbocycles. The maximum absolute atomic E-state index is 11.3. The first kappa shape index (κ1) is 26.2. The number of ether oxygens (including phenoxy) is 2. The topological polar surface area (TPSA) is 117 Å². The van der Waals surface area contributed by atoms with E-state index in [1.165, 1.54) is 0 Å². The molecule has 4 rings (SSSR count). The highest BCUT2D eigenvalue weighted by atomic mass is 16.5. The van der Waals surface area contributed by atoms with Gasteiger partial charge in [0, 0.05) is 23.6 Å². The number of anilines is 2. The zero-order valence-electron chi connectivity index (χ0n) is 21.6. The van der Waals surface area contributed by atoms with E-state index >= 15 is 0 Å². The third-order valence-electron chi connectivity index (χ3n) is 6.50. The van der Waals surface area contributed by atoms with Crippen molar-refractivity contribution in [2.24, 2.45) is 5.41 Å². The highest BCUT2D eigenvalue weighted by Gasteiger charge is 2.30. The van der Waals surface area contributed by atoms with Crippen LogP contribution in [0.25, 0.3) is 11.1 Å². The fraction of sp³-hybridized carbons (Fsp3) is 0.393. The molecule has 2 atom stereocenters. The van der Waals surface area contributed by atoms with Gasteiger partial charge in [0.05, 0.1) is 17.6 Å². The second-order valence-corrected chi connectivity index (χ2v) is 9.74. The molecule has 0 spiro atoms. The second-order valence-electron chi connectivity index (χ2n) is 9.74. The number of nitrogens with zero attached hydrogens (tertiary/aromatic N) is 3. The van der Waals surface area contributed by atoms with Crippen LogP contribution in [0.5, 0.6) is 11.8 Å². The van der Waals surface area contributed by atoms with E-state index in [-0.39, 0.29) is 18.7 Å². The van der Waals surface area contributed by atoms with E-state index in [9.17, 15) is 15.0 Å². The van der Waals surface area contributed by atoms with Crippen LogP contribution in [0, 0.1) is 5.41 Å². The van der Waals surface area contributed by atoms with Crippen molar-refractivity contribution >= 4 is 17.3 Å². The number of nitrogens with one attached hydrogen (secondary N) is 1. The summed E-state index contributed by atoms with van der Waals surface area (Å²) >= 11 is 0. The van der Waals surface area contributed by atoms with Crippen LogP contribution >= 0.6 is 0 Å². The van der Waals surface area contributed by atoms with Gasteiger partial charge in [-0.15, -0.1) is 0 Å². The van der Waals surface area contributed by atoms with Crippen molar-refractivity contribution in [1.82, 2.24) is 9.97 Å². The zero-order valence-corrected chi connectivity index (χ0v) is 21.6. The highest BCUT2D eigenvalue weighted by molar-refractivity contribution is 5.74. The fourth-order valence-corrected chi connectivity index (χ4v) is 4.04. The summed E-state index contributed by atoms with van der Waals surface area (Å²) in [6.07, 6.45) is 3.91. The number of aryl methyl sites for hydroxylation is 1. The molecule has 0 radical (unpaired) electrons. The van der Waals surface area contributed by atoms with Crippen molar-refractivity contribution in [1.29, 1.82) is 0 Å². The smallest absolute Gasteiger partial charge is 0.316 e. The summed E-state index contributed by atoms with van der Waals surface area (Å²) in [5, 5.41) is 23.6. The summed E-state index contributed by atoms with van der Waals surface area (Å²) in [5.41, 5.74) is 3.40. The molecule has 2 heterocycles. The minimum atomic E-state index is -1.04. The van der Waals surface area contributed by atoms with Gasteiger partial charge in [0.15, 0.2) is 0 Å². The number of aliphatic hydroxyl groups is 1. The number of rotatable bonds is 10. The molecule has 1 aliphatic rings. The number of aliphatic carboxylic acids is 1. The van der Waals surface area contributed by atoms with E-state index < -0.39 is 17.7 Å². The van der Waals surface area contributed by atoms with E-state index in [0.717, 1.165) is 40.9 Å². The van der Waals surface area contributed by atoms with Gasteiger partial charge < -0.3 is 29.9 Å². The molecule has 0 bridgehead atoms. The highest BCUT2D eigenvalue weighted by Crippen LogP contribution is 2.38. The summed E-state index contributed by atoms with van der Waals surface area (Å²) in [6, 6.07) is 13.9. The largest absolute Gasteiger partial charge is 0.486 e. The molecule has 37 heavy (non-hydrogen) atoms. The van der Waals surface area contributed by atoms with Crippen molar-refractivity contribution in [3.8, 4) is 22.9 Å². The molecule has 0 amide bonds. The number of hydrogen-bond acceptors (Lipinski definition) is 8. The van der Waals surface area contributed by atoms with E-state index in [2.05, 4.69) is 35.2 Å². The minimum Gasteiger partial charge on any atom is -0.486 e. The molecule has 9 heteroatoms. The Morgan fingerprint density at radius 1 is 1.19 bits per heavy atom. The average molecular weight is 507 g/mol. The van der Waals surface area contributed by atoms with E-state index in [1.54, 1.807) is 26.2 Å². The number of aliphatic hydroxyl groups excluding tert-OH is 1. The first-order chi connectivity index (χ1) is 17.7. The normalized spacial score (nSPS) is 15.9. The zero-order chi connectivity index (χ0) is 26.6. The Hall–Kier alpha value is -3.85. The van der Waals surface area contributed by atoms with Crippen molar-refractivity contribution in [3.05, 3.63) is 60.4 Å². The lowest BCUT2D eigenvalue weighted by atomic mass is 9.95. The van der Waals surface area contributed by atoms with Crippen LogP contribution in [0.2, 0.25) is 0 Å². The molecule has 0 fully saturated rings. The summed E-state index contributed by atoms with van der Waals surface area (Å²) in [4.78, 5) is 21.7. The average Bonchev–Trinajstić information content (AvgIpc) is 2.91. The molecule has 3 aromatic rings. The molecular formula is C28H34N4O5. The van der Waals surface area contributed by atoms with Crippen molar-refractivity contribution in [3.63, 3.8) is 0 Å².